The number of likely N-dealkylation sites (tertiary alicyclic amines) is 1. The largest absolute Gasteiger partial charge is 0.356 e. The van der Waals surface area contributed by atoms with Crippen molar-refractivity contribution >= 4 is 11.8 Å². The van der Waals surface area contributed by atoms with Crippen LogP contribution in [0.2, 0.25) is 0 Å². The average molecular weight is 346 g/mol. The molecule has 25 heavy (non-hydrogen) atoms. The van der Waals surface area contributed by atoms with Crippen LogP contribution in [-0.2, 0) is 16.1 Å². The molecule has 1 N–H and O–H groups in total. The van der Waals surface area contributed by atoms with Crippen molar-refractivity contribution in [3.63, 3.8) is 0 Å². The smallest absolute Gasteiger partial charge is 0.224 e. The van der Waals surface area contributed by atoms with Gasteiger partial charge in [0.25, 0.3) is 0 Å². The van der Waals surface area contributed by atoms with Crippen LogP contribution >= 0.6 is 0 Å². The van der Waals surface area contributed by atoms with Gasteiger partial charge in [0.05, 0.1) is 5.92 Å². The monoisotopic (exact) mass is 346 g/mol. The third-order valence-corrected chi connectivity index (χ3v) is 5.50. The van der Waals surface area contributed by atoms with Crippen LogP contribution in [0.5, 0.6) is 0 Å². The molecule has 138 valence electrons. The van der Waals surface area contributed by atoms with Crippen molar-refractivity contribution in [2.75, 3.05) is 19.6 Å². The summed E-state index contributed by atoms with van der Waals surface area (Å²) in [6, 6.07) is 1.90. The Kier molecular flexibility index (Phi) is 6.48. The number of aryl methyl sites for hydroxylation is 1. The summed E-state index contributed by atoms with van der Waals surface area (Å²) in [6.45, 7) is 2.91. The Morgan fingerprint density at radius 3 is 2.84 bits per heavy atom. The van der Waals surface area contributed by atoms with Crippen molar-refractivity contribution in [2.45, 2.75) is 57.9 Å². The highest BCUT2D eigenvalue weighted by Crippen LogP contribution is 2.27. The van der Waals surface area contributed by atoms with Crippen LogP contribution in [0.1, 0.15) is 51.4 Å². The number of nitrogens with zero attached hydrogens (tertiary/aromatic N) is 3. The highest BCUT2D eigenvalue weighted by molar-refractivity contribution is 5.83. The van der Waals surface area contributed by atoms with Gasteiger partial charge in [-0.3, -0.25) is 14.3 Å². The molecule has 2 aliphatic rings. The van der Waals surface area contributed by atoms with E-state index in [9.17, 15) is 9.59 Å². The Morgan fingerprint density at radius 1 is 1.24 bits per heavy atom. The first-order valence-corrected chi connectivity index (χ1v) is 9.75. The fourth-order valence-electron chi connectivity index (χ4n) is 4.02. The van der Waals surface area contributed by atoms with Crippen molar-refractivity contribution < 1.29 is 9.59 Å². The molecule has 3 rings (SSSR count). The number of hydrogen-bond acceptors (Lipinski definition) is 3. The van der Waals surface area contributed by atoms with Gasteiger partial charge in [0.15, 0.2) is 0 Å². The molecule has 1 aliphatic carbocycles. The van der Waals surface area contributed by atoms with Gasteiger partial charge in [-0.2, -0.15) is 5.10 Å². The molecule has 2 heterocycles. The topological polar surface area (TPSA) is 67.2 Å². The zero-order valence-corrected chi connectivity index (χ0v) is 15.0. The quantitative estimate of drug-likeness (QED) is 0.770. The number of nitrogens with one attached hydrogen (secondary N) is 1. The van der Waals surface area contributed by atoms with E-state index in [2.05, 4.69) is 10.4 Å². The molecular formula is C19H30N4O2. The summed E-state index contributed by atoms with van der Waals surface area (Å²) >= 11 is 0. The maximum absolute atomic E-state index is 12.4. The second-order valence-corrected chi connectivity index (χ2v) is 7.45. The van der Waals surface area contributed by atoms with Gasteiger partial charge in [0.1, 0.15) is 0 Å². The van der Waals surface area contributed by atoms with Crippen LogP contribution < -0.4 is 5.32 Å². The van der Waals surface area contributed by atoms with Crippen molar-refractivity contribution in [3.05, 3.63) is 18.5 Å². The van der Waals surface area contributed by atoms with Gasteiger partial charge in [-0.1, -0.05) is 19.3 Å². The minimum absolute atomic E-state index is 0.0500. The summed E-state index contributed by atoms with van der Waals surface area (Å²) in [5.41, 5.74) is 0. The molecule has 6 heteroatoms. The first kappa shape index (κ1) is 18.0. The summed E-state index contributed by atoms with van der Waals surface area (Å²) in [6.07, 6.45) is 12.1. The number of carbonyl (C=O) groups is 2. The molecule has 2 fully saturated rings. The van der Waals surface area contributed by atoms with Gasteiger partial charge in [-0.05, 0) is 37.7 Å². The van der Waals surface area contributed by atoms with Crippen LogP contribution in [0.15, 0.2) is 18.5 Å². The van der Waals surface area contributed by atoms with E-state index in [1.54, 1.807) is 6.20 Å². The lowest BCUT2D eigenvalue weighted by atomic mass is 9.87. The van der Waals surface area contributed by atoms with Crippen LogP contribution in [0, 0.1) is 11.8 Å². The minimum Gasteiger partial charge on any atom is -0.356 e. The molecule has 0 bridgehead atoms. The lowest BCUT2D eigenvalue weighted by Gasteiger charge is -2.35. The lowest BCUT2D eigenvalue weighted by Crippen LogP contribution is -2.47. The first-order chi connectivity index (χ1) is 12.2. The highest BCUT2D eigenvalue weighted by atomic mass is 16.2. The fourth-order valence-corrected chi connectivity index (χ4v) is 4.02. The molecule has 2 amide bonds. The Hall–Kier alpha value is -1.85. The van der Waals surface area contributed by atoms with Crippen LogP contribution in [0.4, 0.5) is 0 Å². The number of hydrogen-bond donors (Lipinski definition) is 1. The van der Waals surface area contributed by atoms with Gasteiger partial charge >= 0.3 is 0 Å². The summed E-state index contributed by atoms with van der Waals surface area (Å²) in [5, 5.41) is 7.19. The zero-order chi connectivity index (χ0) is 17.5. The molecular weight excluding hydrogens is 316 g/mol. The lowest BCUT2D eigenvalue weighted by molar-refractivity contribution is -0.139. The van der Waals surface area contributed by atoms with Crippen molar-refractivity contribution in [2.24, 2.45) is 11.8 Å². The fraction of sp³-hybridized carbons (Fsp3) is 0.737. The van der Waals surface area contributed by atoms with E-state index in [-0.39, 0.29) is 17.7 Å². The molecule has 1 saturated heterocycles. The number of aromatic nitrogens is 2. The van der Waals surface area contributed by atoms with Gasteiger partial charge in [-0.15, -0.1) is 0 Å². The molecule has 0 radical (unpaired) electrons. The summed E-state index contributed by atoms with van der Waals surface area (Å²) in [7, 11) is 0. The number of amides is 2. The molecule has 6 nitrogen and oxygen atoms in total. The molecule has 1 aromatic rings. The van der Waals surface area contributed by atoms with E-state index in [1.165, 1.54) is 32.1 Å². The second kappa shape index (κ2) is 9.02. The van der Waals surface area contributed by atoms with E-state index < -0.39 is 0 Å². The number of piperidine rings is 1. The molecule has 1 saturated carbocycles. The summed E-state index contributed by atoms with van der Waals surface area (Å²) < 4.78 is 1.87. The van der Waals surface area contributed by atoms with Crippen LogP contribution in [-0.4, -0.2) is 46.1 Å². The maximum atomic E-state index is 12.4. The van der Waals surface area contributed by atoms with E-state index >= 15 is 0 Å². The molecule has 1 unspecified atom stereocenters. The average Bonchev–Trinajstić information content (AvgIpc) is 3.15. The van der Waals surface area contributed by atoms with Crippen molar-refractivity contribution in [3.8, 4) is 0 Å². The predicted octanol–water partition coefficient (Wildman–Crippen LogP) is 2.21. The molecule has 0 spiro atoms. The molecule has 1 aromatic heterocycles. The highest BCUT2D eigenvalue weighted by Gasteiger charge is 2.31. The molecule has 1 atom stereocenters. The standard InChI is InChI=1S/C19H30N4O2/c24-18-9-8-17(15-22(18)14-16-6-2-1-3-7-16)19(25)20-10-4-12-23-13-5-11-21-23/h5,11,13,16-17H,1-4,6-10,12,14-15H2,(H,20,25). The molecule has 0 aromatic carbocycles. The van der Waals surface area contributed by atoms with Gasteiger partial charge in [0, 0.05) is 45.0 Å². The predicted molar refractivity (Wildman–Crippen MR) is 95.7 cm³/mol. The first-order valence-electron chi connectivity index (χ1n) is 9.75. The SMILES string of the molecule is O=C(NCCCn1cccn1)C1CCC(=O)N(CC2CCCCC2)C1. The Balaban J connectivity index is 1.40. The van der Waals surface area contributed by atoms with Gasteiger partial charge < -0.3 is 10.2 Å². The normalized spacial score (nSPS) is 22.2. The molecule has 1 aliphatic heterocycles. The summed E-state index contributed by atoms with van der Waals surface area (Å²) in [5.74, 6) is 0.912. The maximum Gasteiger partial charge on any atom is 0.224 e. The van der Waals surface area contributed by atoms with E-state index in [4.69, 9.17) is 0 Å². The zero-order valence-electron chi connectivity index (χ0n) is 15.0. The van der Waals surface area contributed by atoms with Crippen LogP contribution in [0.3, 0.4) is 0 Å². The van der Waals surface area contributed by atoms with Gasteiger partial charge in [-0.25, -0.2) is 0 Å². The van der Waals surface area contributed by atoms with Crippen molar-refractivity contribution in [1.82, 2.24) is 20.0 Å². The number of rotatable bonds is 7. The van der Waals surface area contributed by atoms with E-state index in [1.807, 2.05) is 21.8 Å². The Labute approximate surface area is 149 Å². The van der Waals surface area contributed by atoms with E-state index in [0.29, 0.717) is 31.8 Å². The minimum atomic E-state index is -0.0500. The third-order valence-electron chi connectivity index (χ3n) is 5.50. The van der Waals surface area contributed by atoms with Crippen LogP contribution in [0.25, 0.3) is 0 Å². The Bertz CT molecular complexity index is 552. The van der Waals surface area contributed by atoms with Gasteiger partial charge in [0.2, 0.25) is 11.8 Å². The summed E-state index contributed by atoms with van der Waals surface area (Å²) in [4.78, 5) is 26.6. The Morgan fingerprint density at radius 2 is 2.08 bits per heavy atom. The van der Waals surface area contributed by atoms with Crippen molar-refractivity contribution in [1.29, 1.82) is 0 Å². The van der Waals surface area contributed by atoms with E-state index in [0.717, 1.165) is 19.5 Å². The third kappa shape index (κ3) is 5.31. The number of carbonyl (C=O) groups excluding carboxylic acids is 2. The second-order valence-electron chi connectivity index (χ2n) is 7.45.